The van der Waals surface area contributed by atoms with E-state index in [0.29, 0.717) is 19.4 Å². The zero-order valence-electron chi connectivity index (χ0n) is 13.2. The van der Waals surface area contributed by atoms with E-state index in [1.807, 2.05) is 43.5 Å². The lowest BCUT2D eigenvalue weighted by Crippen LogP contribution is -2.49. The Morgan fingerprint density at radius 1 is 1.43 bits per heavy atom. The van der Waals surface area contributed by atoms with Crippen LogP contribution < -0.4 is 5.32 Å². The standard InChI is InChI=1S/C15H24N4O2/c1-10(2)14-15(21)19(11(3)9-13(20)17-14)7-5-12-16-6-8-18(12)4/h6,8,10-11,14H,5,7,9H2,1-4H3,(H,17,20). The van der Waals surface area contributed by atoms with Crippen LogP contribution in [0.2, 0.25) is 0 Å². The van der Waals surface area contributed by atoms with E-state index in [4.69, 9.17) is 0 Å². The van der Waals surface area contributed by atoms with Crippen LogP contribution in [0, 0.1) is 5.92 Å². The first kappa shape index (κ1) is 15.5. The van der Waals surface area contributed by atoms with Crippen LogP contribution in [0.15, 0.2) is 12.4 Å². The molecule has 1 aliphatic rings. The van der Waals surface area contributed by atoms with Gasteiger partial charge in [0.05, 0.1) is 0 Å². The van der Waals surface area contributed by atoms with E-state index in [1.54, 1.807) is 6.20 Å². The number of aryl methyl sites for hydroxylation is 1. The molecule has 6 nitrogen and oxygen atoms in total. The fourth-order valence-electron chi connectivity index (χ4n) is 2.71. The van der Waals surface area contributed by atoms with Crippen LogP contribution >= 0.6 is 0 Å². The minimum absolute atomic E-state index is 0.0116. The van der Waals surface area contributed by atoms with Gasteiger partial charge in [-0.3, -0.25) is 9.59 Å². The van der Waals surface area contributed by atoms with Crippen molar-refractivity contribution in [1.29, 1.82) is 0 Å². The smallest absolute Gasteiger partial charge is 0.245 e. The van der Waals surface area contributed by atoms with Crippen molar-refractivity contribution in [3.05, 3.63) is 18.2 Å². The number of imidazole rings is 1. The van der Waals surface area contributed by atoms with Gasteiger partial charge in [-0.1, -0.05) is 13.8 Å². The van der Waals surface area contributed by atoms with Crippen LogP contribution in [-0.4, -0.2) is 44.9 Å². The van der Waals surface area contributed by atoms with Gasteiger partial charge < -0.3 is 14.8 Å². The molecule has 0 aliphatic carbocycles. The van der Waals surface area contributed by atoms with E-state index < -0.39 is 6.04 Å². The lowest BCUT2D eigenvalue weighted by molar-refractivity contribution is -0.136. The van der Waals surface area contributed by atoms with Gasteiger partial charge >= 0.3 is 0 Å². The van der Waals surface area contributed by atoms with E-state index in [2.05, 4.69) is 10.3 Å². The van der Waals surface area contributed by atoms with E-state index >= 15 is 0 Å². The van der Waals surface area contributed by atoms with Crippen molar-refractivity contribution in [2.24, 2.45) is 13.0 Å². The molecular weight excluding hydrogens is 268 g/mol. The third-order valence-corrected chi connectivity index (χ3v) is 4.04. The van der Waals surface area contributed by atoms with Crippen LogP contribution in [0.25, 0.3) is 0 Å². The Labute approximate surface area is 125 Å². The summed E-state index contributed by atoms with van der Waals surface area (Å²) in [5, 5.41) is 2.84. The van der Waals surface area contributed by atoms with Gasteiger partial charge in [-0.05, 0) is 12.8 Å². The molecule has 2 amide bonds. The SMILES string of the molecule is CC(C)C1NC(=O)CC(C)N(CCc2nccn2C)C1=O. The number of nitrogens with one attached hydrogen (secondary N) is 1. The molecule has 21 heavy (non-hydrogen) atoms. The van der Waals surface area contributed by atoms with Gasteiger partial charge in [-0.15, -0.1) is 0 Å². The maximum atomic E-state index is 12.7. The van der Waals surface area contributed by atoms with Crippen molar-refractivity contribution in [2.45, 2.75) is 45.7 Å². The largest absolute Gasteiger partial charge is 0.344 e. The Morgan fingerprint density at radius 2 is 2.14 bits per heavy atom. The third kappa shape index (κ3) is 3.43. The minimum atomic E-state index is -0.427. The molecule has 1 saturated heterocycles. The van der Waals surface area contributed by atoms with Crippen LogP contribution in [0.1, 0.15) is 33.0 Å². The van der Waals surface area contributed by atoms with Crippen molar-refractivity contribution in [3.8, 4) is 0 Å². The average Bonchev–Trinajstić information content (AvgIpc) is 2.76. The molecule has 1 aromatic rings. The summed E-state index contributed by atoms with van der Waals surface area (Å²) in [5.74, 6) is 0.994. The van der Waals surface area contributed by atoms with Crippen molar-refractivity contribution in [2.75, 3.05) is 6.54 Å². The van der Waals surface area contributed by atoms with Crippen molar-refractivity contribution in [3.63, 3.8) is 0 Å². The van der Waals surface area contributed by atoms with Gasteiger partial charge in [-0.2, -0.15) is 0 Å². The highest BCUT2D eigenvalue weighted by Gasteiger charge is 2.35. The Bertz CT molecular complexity index is 523. The zero-order chi connectivity index (χ0) is 15.6. The zero-order valence-corrected chi connectivity index (χ0v) is 13.2. The maximum absolute atomic E-state index is 12.7. The van der Waals surface area contributed by atoms with Crippen LogP contribution in [0.4, 0.5) is 0 Å². The second-order valence-electron chi connectivity index (χ2n) is 6.08. The third-order valence-electron chi connectivity index (χ3n) is 4.04. The number of amides is 2. The quantitative estimate of drug-likeness (QED) is 0.889. The Morgan fingerprint density at radius 3 is 2.71 bits per heavy atom. The maximum Gasteiger partial charge on any atom is 0.245 e. The van der Waals surface area contributed by atoms with Gasteiger partial charge in [0.2, 0.25) is 11.8 Å². The molecule has 0 aromatic carbocycles. The molecule has 1 N–H and O–H groups in total. The lowest BCUT2D eigenvalue weighted by atomic mass is 10.0. The van der Waals surface area contributed by atoms with Gasteiger partial charge in [0.25, 0.3) is 0 Å². The Hall–Kier alpha value is -1.85. The van der Waals surface area contributed by atoms with E-state index in [9.17, 15) is 9.59 Å². The molecule has 116 valence electrons. The van der Waals surface area contributed by atoms with E-state index in [0.717, 1.165) is 5.82 Å². The summed E-state index contributed by atoms with van der Waals surface area (Å²) >= 11 is 0. The Balaban J connectivity index is 2.12. The first-order valence-electron chi connectivity index (χ1n) is 7.46. The van der Waals surface area contributed by atoms with Gasteiger partial charge in [0, 0.05) is 44.9 Å². The number of aromatic nitrogens is 2. The highest BCUT2D eigenvalue weighted by atomic mass is 16.2. The molecule has 6 heteroatoms. The Kier molecular flexibility index (Phi) is 4.65. The number of hydrogen-bond donors (Lipinski definition) is 1. The van der Waals surface area contributed by atoms with Crippen LogP contribution in [-0.2, 0) is 23.1 Å². The number of rotatable bonds is 4. The molecule has 1 aliphatic heterocycles. The summed E-state index contributed by atoms with van der Waals surface area (Å²) in [6, 6.07) is -0.509. The first-order valence-corrected chi connectivity index (χ1v) is 7.46. The van der Waals surface area contributed by atoms with Crippen molar-refractivity contribution in [1.82, 2.24) is 19.8 Å². The number of nitrogens with zero attached hydrogens (tertiary/aromatic N) is 3. The number of hydrogen-bond acceptors (Lipinski definition) is 3. The molecule has 0 bridgehead atoms. The molecule has 1 aromatic heterocycles. The fraction of sp³-hybridized carbons (Fsp3) is 0.667. The lowest BCUT2D eigenvalue weighted by Gasteiger charge is -2.29. The summed E-state index contributed by atoms with van der Waals surface area (Å²) < 4.78 is 1.95. The van der Waals surface area contributed by atoms with E-state index in [1.165, 1.54) is 0 Å². The van der Waals surface area contributed by atoms with Crippen LogP contribution in [0.3, 0.4) is 0 Å². The number of carbonyl (C=O) groups is 2. The molecule has 2 rings (SSSR count). The molecule has 0 spiro atoms. The van der Waals surface area contributed by atoms with E-state index in [-0.39, 0.29) is 23.8 Å². The monoisotopic (exact) mass is 292 g/mol. The highest BCUT2D eigenvalue weighted by Crippen LogP contribution is 2.16. The predicted octanol–water partition coefficient (Wildman–Crippen LogP) is 0.724. The molecule has 0 radical (unpaired) electrons. The first-order chi connectivity index (χ1) is 9.90. The van der Waals surface area contributed by atoms with Gasteiger partial charge in [0.1, 0.15) is 11.9 Å². The molecular formula is C15H24N4O2. The fourth-order valence-corrected chi connectivity index (χ4v) is 2.71. The number of carbonyl (C=O) groups excluding carboxylic acids is 2. The van der Waals surface area contributed by atoms with Gasteiger partial charge in [-0.25, -0.2) is 4.98 Å². The van der Waals surface area contributed by atoms with Crippen molar-refractivity contribution >= 4 is 11.8 Å². The average molecular weight is 292 g/mol. The summed E-state index contributed by atoms with van der Waals surface area (Å²) in [6.07, 6.45) is 4.70. The second-order valence-corrected chi connectivity index (χ2v) is 6.08. The highest BCUT2D eigenvalue weighted by molar-refractivity contribution is 5.90. The summed E-state index contributed by atoms with van der Waals surface area (Å²) in [5.41, 5.74) is 0. The summed E-state index contributed by atoms with van der Waals surface area (Å²) in [6.45, 7) is 6.42. The molecule has 2 atom stereocenters. The van der Waals surface area contributed by atoms with Crippen LogP contribution in [0.5, 0.6) is 0 Å². The predicted molar refractivity (Wildman–Crippen MR) is 79.5 cm³/mol. The second kappa shape index (κ2) is 6.28. The normalized spacial score (nSPS) is 23.4. The minimum Gasteiger partial charge on any atom is -0.344 e. The molecule has 2 unspecified atom stereocenters. The summed E-state index contributed by atoms with van der Waals surface area (Å²) in [4.78, 5) is 30.7. The van der Waals surface area contributed by atoms with Crippen molar-refractivity contribution < 1.29 is 9.59 Å². The summed E-state index contributed by atoms with van der Waals surface area (Å²) in [7, 11) is 1.94. The topological polar surface area (TPSA) is 67.2 Å². The van der Waals surface area contributed by atoms with Gasteiger partial charge in [0.15, 0.2) is 0 Å². The molecule has 0 saturated carbocycles. The molecule has 2 heterocycles. The molecule has 1 fully saturated rings.